The maximum absolute atomic E-state index is 12.6. The van der Waals surface area contributed by atoms with Crippen LogP contribution >= 0.6 is 0 Å². The number of hydrogen-bond acceptors (Lipinski definition) is 6. The molecule has 1 N–H and O–H groups in total. The van der Waals surface area contributed by atoms with E-state index in [4.69, 9.17) is 4.74 Å². The molecule has 0 radical (unpaired) electrons. The van der Waals surface area contributed by atoms with E-state index in [1.54, 1.807) is 13.8 Å². The number of rotatable bonds is 6. The van der Waals surface area contributed by atoms with Gasteiger partial charge >= 0.3 is 12.0 Å². The van der Waals surface area contributed by atoms with Crippen LogP contribution in [0.25, 0.3) is 0 Å². The van der Waals surface area contributed by atoms with Crippen LogP contribution in [0.5, 0.6) is 0 Å². The fraction of sp³-hybridized carbons (Fsp3) is 0.471. The Morgan fingerprint density at radius 1 is 1.26 bits per heavy atom. The molecule has 1 aliphatic heterocycles. The van der Waals surface area contributed by atoms with Gasteiger partial charge in [0.1, 0.15) is 0 Å². The first-order chi connectivity index (χ1) is 12.6. The Bertz CT molecular complexity index is 852. The lowest BCUT2D eigenvalue weighted by atomic mass is 10.2. The summed E-state index contributed by atoms with van der Waals surface area (Å²) in [4.78, 5) is 37.0. The van der Waals surface area contributed by atoms with Crippen LogP contribution in [0.2, 0.25) is 0 Å². The van der Waals surface area contributed by atoms with E-state index in [2.05, 4.69) is 5.32 Å². The smallest absolute Gasteiger partial charge is 0.338 e. The molecule has 1 atom stereocenters. The number of ether oxygens (including phenoxy) is 1. The molecule has 148 valence electrons. The molecule has 1 saturated heterocycles. The van der Waals surface area contributed by atoms with Crippen molar-refractivity contribution in [2.24, 2.45) is 0 Å². The van der Waals surface area contributed by atoms with E-state index in [0.29, 0.717) is 6.54 Å². The zero-order valence-corrected chi connectivity index (χ0v) is 16.4. The molecule has 1 aromatic rings. The second-order valence-corrected chi connectivity index (χ2v) is 8.41. The largest absolute Gasteiger partial charge is 0.449 e. The summed E-state index contributed by atoms with van der Waals surface area (Å²) in [6.07, 6.45) is -1.18. The Hall–Kier alpha value is -2.46. The molecule has 0 bridgehead atoms. The zero-order chi connectivity index (χ0) is 20.4. The molecule has 1 heterocycles. The van der Waals surface area contributed by atoms with Crippen molar-refractivity contribution in [1.29, 1.82) is 0 Å². The predicted octanol–water partition coefficient (Wildman–Crippen LogP) is 0.813. The molecule has 1 aliphatic rings. The minimum absolute atomic E-state index is 0.00115. The summed E-state index contributed by atoms with van der Waals surface area (Å²) in [7, 11) is -2.31. The van der Waals surface area contributed by atoms with Gasteiger partial charge in [-0.05, 0) is 39.0 Å². The number of esters is 1. The minimum Gasteiger partial charge on any atom is -0.449 e. The summed E-state index contributed by atoms with van der Waals surface area (Å²) in [6, 6.07) is 4.63. The first-order valence-corrected chi connectivity index (χ1v) is 9.88. The number of amides is 3. The summed E-state index contributed by atoms with van der Waals surface area (Å²) >= 11 is 0. The second-order valence-electron chi connectivity index (χ2n) is 6.41. The van der Waals surface area contributed by atoms with Crippen LogP contribution in [-0.4, -0.2) is 67.8 Å². The van der Waals surface area contributed by atoms with Crippen molar-refractivity contribution in [3.63, 3.8) is 0 Å². The van der Waals surface area contributed by atoms with E-state index in [-0.39, 0.29) is 23.0 Å². The molecule has 0 aliphatic carbocycles. The third-order valence-electron chi connectivity index (χ3n) is 4.23. The van der Waals surface area contributed by atoms with Gasteiger partial charge < -0.3 is 10.1 Å². The summed E-state index contributed by atoms with van der Waals surface area (Å²) in [5, 5.41) is 2.49. The van der Waals surface area contributed by atoms with Gasteiger partial charge in [-0.3, -0.25) is 9.69 Å². The SMILES string of the molecule is CC(C)N(C)S(=O)(=O)c1cccc(C(=O)O[C@@H](C)C(=O)N2CCNC2=O)c1. The van der Waals surface area contributed by atoms with Crippen LogP contribution in [0.15, 0.2) is 29.2 Å². The third kappa shape index (κ3) is 4.45. The van der Waals surface area contributed by atoms with Gasteiger partial charge in [-0.15, -0.1) is 0 Å². The lowest BCUT2D eigenvalue weighted by Gasteiger charge is -2.21. The monoisotopic (exact) mass is 397 g/mol. The fourth-order valence-corrected chi connectivity index (χ4v) is 3.82. The number of nitrogens with zero attached hydrogens (tertiary/aromatic N) is 2. The van der Waals surface area contributed by atoms with Gasteiger partial charge in [0.15, 0.2) is 6.10 Å². The van der Waals surface area contributed by atoms with Gasteiger partial charge in [0.05, 0.1) is 10.5 Å². The zero-order valence-electron chi connectivity index (χ0n) is 15.6. The van der Waals surface area contributed by atoms with E-state index < -0.39 is 34.0 Å². The van der Waals surface area contributed by atoms with Gasteiger partial charge in [-0.1, -0.05) is 6.07 Å². The van der Waals surface area contributed by atoms with E-state index in [1.807, 2.05) is 0 Å². The Morgan fingerprint density at radius 2 is 1.93 bits per heavy atom. The lowest BCUT2D eigenvalue weighted by molar-refractivity contribution is -0.136. The average Bonchev–Trinajstić information content (AvgIpc) is 3.06. The molecular weight excluding hydrogens is 374 g/mol. The van der Waals surface area contributed by atoms with E-state index in [0.717, 1.165) is 4.90 Å². The normalized spacial score (nSPS) is 15.8. The summed E-state index contributed by atoms with van der Waals surface area (Å²) in [5.74, 6) is -1.48. The van der Waals surface area contributed by atoms with Crippen molar-refractivity contribution in [3.8, 4) is 0 Å². The van der Waals surface area contributed by atoms with Crippen LogP contribution in [0.4, 0.5) is 4.79 Å². The highest BCUT2D eigenvalue weighted by Crippen LogP contribution is 2.19. The van der Waals surface area contributed by atoms with Crippen molar-refractivity contribution in [3.05, 3.63) is 29.8 Å². The molecule has 0 spiro atoms. The number of carbonyl (C=O) groups excluding carboxylic acids is 3. The van der Waals surface area contributed by atoms with Crippen molar-refractivity contribution in [2.75, 3.05) is 20.1 Å². The Labute approximate surface area is 158 Å². The summed E-state index contributed by atoms with van der Waals surface area (Å²) < 4.78 is 31.4. The topological polar surface area (TPSA) is 113 Å². The first kappa shape index (κ1) is 20.8. The number of urea groups is 1. The van der Waals surface area contributed by atoms with Crippen molar-refractivity contribution in [2.45, 2.75) is 37.8 Å². The van der Waals surface area contributed by atoms with Crippen LogP contribution in [0.1, 0.15) is 31.1 Å². The van der Waals surface area contributed by atoms with Crippen LogP contribution in [0, 0.1) is 0 Å². The minimum atomic E-state index is -3.76. The highest BCUT2D eigenvalue weighted by molar-refractivity contribution is 7.89. The van der Waals surface area contributed by atoms with Gasteiger partial charge in [0.2, 0.25) is 10.0 Å². The standard InChI is InChI=1S/C17H23N3O6S/c1-11(2)19(4)27(24,25)14-7-5-6-13(10-14)16(22)26-12(3)15(21)20-9-8-18-17(20)23/h5-7,10-12H,8-9H2,1-4H3,(H,18,23)/t12-/m0/s1. The van der Waals surface area contributed by atoms with Gasteiger partial charge in [0.25, 0.3) is 5.91 Å². The molecule has 0 aromatic heterocycles. The Kier molecular flexibility index (Phi) is 6.22. The fourth-order valence-electron chi connectivity index (χ4n) is 2.41. The molecule has 1 fully saturated rings. The molecule has 2 rings (SSSR count). The molecule has 1 aromatic carbocycles. The second kappa shape index (κ2) is 8.05. The Morgan fingerprint density at radius 3 is 2.48 bits per heavy atom. The number of nitrogens with one attached hydrogen (secondary N) is 1. The number of hydrogen-bond donors (Lipinski definition) is 1. The molecule has 10 heteroatoms. The Balaban J connectivity index is 2.15. The van der Waals surface area contributed by atoms with Crippen LogP contribution in [-0.2, 0) is 19.6 Å². The maximum Gasteiger partial charge on any atom is 0.338 e. The van der Waals surface area contributed by atoms with E-state index in [9.17, 15) is 22.8 Å². The molecule has 0 unspecified atom stereocenters. The van der Waals surface area contributed by atoms with Crippen LogP contribution in [0.3, 0.4) is 0 Å². The summed E-state index contributed by atoms with van der Waals surface area (Å²) in [6.45, 7) is 5.37. The molecular formula is C17H23N3O6S. The van der Waals surface area contributed by atoms with Gasteiger partial charge in [0, 0.05) is 26.2 Å². The molecule has 9 nitrogen and oxygen atoms in total. The molecule has 27 heavy (non-hydrogen) atoms. The predicted molar refractivity (Wildman–Crippen MR) is 96.5 cm³/mol. The van der Waals surface area contributed by atoms with Crippen molar-refractivity contribution >= 4 is 27.9 Å². The van der Waals surface area contributed by atoms with E-state index in [1.165, 1.54) is 42.5 Å². The molecule has 3 amide bonds. The average molecular weight is 397 g/mol. The van der Waals surface area contributed by atoms with Crippen molar-refractivity contribution in [1.82, 2.24) is 14.5 Å². The molecule has 0 saturated carbocycles. The first-order valence-electron chi connectivity index (χ1n) is 8.44. The highest BCUT2D eigenvalue weighted by atomic mass is 32.2. The van der Waals surface area contributed by atoms with Crippen molar-refractivity contribution < 1.29 is 27.5 Å². The summed E-state index contributed by atoms with van der Waals surface area (Å²) in [5.41, 5.74) is -0.00115. The number of imide groups is 1. The third-order valence-corrected chi connectivity index (χ3v) is 6.26. The maximum atomic E-state index is 12.6. The number of benzene rings is 1. The lowest BCUT2D eigenvalue weighted by Crippen LogP contribution is -2.41. The highest BCUT2D eigenvalue weighted by Gasteiger charge is 2.32. The number of carbonyl (C=O) groups is 3. The van der Waals surface area contributed by atoms with Crippen LogP contribution < -0.4 is 5.32 Å². The number of sulfonamides is 1. The van der Waals surface area contributed by atoms with Gasteiger partial charge in [-0.25, -0.2) is 18.0 Å². The van der Waals surface area contributed by atoms with E-state index >= 15 is 0 Å². The quantitative estimate of drug-likeness (QED) is 0.711. The van der Waals surface area contributed by atoms with Gasteiger partial charge in [-0.2, -0.15) is 4.31 Å².